The van der Waals surface area contributed by atoms with Crippen LogP contribution in [0.25, 0.3) is 0 Å². The average Bonchev–Trinajstić information content (AvgIpc) is 2.79. The van der Waals surface area contributed by atoms with Crippen LogP contribution in [-0.4, -0.2) is 10.8 Å². The van der Waals surface area contributed by atoms with Crippen molar-refractivity contribution in [2.24, 2.45) is 0 Å². The van der Waals surface area contributed by atoms with Crippen LogP contribution in [0.4, 0.5) is 0 Å². The lowest BCUT2D eigenvalue weighted by Gasteiger charge is -2.21. The summed E-state index contributed by atoms with van der Waals surface area (Å²) in [5.74, 6) is -0.0594. The van der Waals surface area contributed by atoms with Crippen molar-refractivity contribution < 1.29 is 4.79 Å². The molecule has 0 fully saturated rings. The van der Waals surface area contributed by atoms with Crippen LogP contribution in [0.2, 0.25) is 0 Å². The first-order valence-corrected chi connectivity index (χ1v) is 7.81. The molecule has 116 valence electrons. The number of hydrogen-bond donors (Lipinski definition) is 0. The molecule has 23 heavy (non-hydrogen) atoms. The Labute approximate surface area is 137 Å². The van der Waals surface area contributed by atoms with Gasteiger partial charge in [0.2, 0.25) is 0 Å². The minimum absolute atomic E-state index is 0.00899. The molecule has 1 unspecified atom stereocenters. The van der Waals surface area contributed by atoms with Crippen LogP contribution in [0.1, 0.15) is 53.9 Å². The van der Waals surface area contributed by atoms with E-state index in [4.69, 9.17) is 0 Å². The van der Waals surface area contributed by atoms with Gasteiger partial charge in [0.15, 0.2) is 0 Å². The Morgan fingerprint density at radius 3 is 2.43 bits per heavy atom. The number of rotatable bonds is 2. The maximum absolute atomic E-state index is 12.7. The van der Waals surface area contributed by atoms with Crippen LogP contribution in [-0.2, 0) is 12.0 Å². The summed E-state index contributed by atoms with van der Waals surface area (Å²) in [5, 5.41) is 9.63. The largest absolute Gasteiger partial charge is 0.314 e. The summed E-state index contributed by atoms with van der Waals surface area (Å²) < 4.78 is 0. The van der Waals surface area contributed by atoms with Gasteiger partial charge in [-0.3, -0.25) is 4.79 Å². The zero-order chi connectivity index (χ0) is 16.6. The van der Waals surface area contributed by atoms with Crippen molar-refractivity contribution in [2.45, 2.75) is 38.8 Å². The number of carbonyl (C=O) groups excluding carboxylic acids is 1. The van der Waals surface area contributed by atoms with E-state index in [9.17, 15) is 10.1 Å². The Bertz CT molecular complexity index is 782. The molecular weight excluding hydrogens is 284 g/mol. The molecule has 1 atom stereocenters. The third-order valence-electron chi connectivity index (χ3n) is 4.33. The van der Waals surface area contributed by atoms with Crippen molar-refractivity contribution in [3.8, 4) is 6.07 Å². The van der Waals surface area contributed by atoms with Gasteiger partial charge in [-0.2, -0.15) is 5.26 Å². The lowest BCUT2D eigenvalue weighted by molar-refractivity contribution is 0.0744. The van der Waals surface area contributed by atoms with Gasteiger partial charge in [0, 0.05) is 17.7 Å². The molecule has 3 heteroatoms. The molecule has 0 N–H and O–H groups in total. The van der Waals surface area contributed by atoms with Gasteiger partial charge >= 0.3 is 0 Å². The topological polar surface area (TPSA) is 44.1 Å². The SMILES string of the molecule is CC(C)(C)c1ccc2c(c1)C(C#N)N(Cc1ccccc1)C2=O. The molecule has 0 aliphatic carbocycles. The number of nitriles is 1. The number of hydrogen-bond acceptors (Lipinski definition) is 2. The fraction of sp³-hybridized carbons (Fsp3) is 0.300. The molecule has 0 saturated heterocycles. The average molecular weight is 304 g/mol. The van der Waals surface area contributed by atoms with Crippen molar-refractivity contribution >= 4 is 5.91 Å². The molecule has 0 saturated carbocycles. The Kier molecular flexibility index (Phi) is 3.69. The molecule has 2 aromatic rings. The first kappa shape index (κ1) is 15.3. The van der Waals surface area contributed by atoms with E-state index in [1.54, 1.807) is 4.90 Å². The molecule has 0 radical (unpaired) electrons. The van der Waals surface area contributed by atoms with E-state index >= 15 is 0 Å². The fourth-order valence-electron chi connectivity index (χ4n) is 2.97. The molecule has 3 rings (SSSR count). The predicted molar refractivity (Wildman–Crippen MR) is 89.8 cm³/mol. The molecule has 2 aromatic carbocycles. The summed E-state index contributed by atoms with van der Waals surface area (Å²) >= 11 is 0. The molecule has 0 aromatic heterocycles. The normalized spacial score (nSPS) is 17.0. The predicted octanol–water partition coefficient (Wildman–Crippen LogP) is 4.20. The molecule has 1 aliphatic rings. The highest BCUT2D eigenvalue weighted by atomic mass is 16.2. The van der Waals surface area contributed by atoms with Crippen molar-refractivity contribution in [1.29, 1.82) is 5.26 Å². The Morgan fingerprint density at radius 2 is 1.83 bits per heavy atom. The molecule has 3 nitrogen and oxygen atoms in total. The Morgan fingerprint density at radius 1 is 1.13 bits per heavy atom. The summed E-state index contributed by atoms with van der Waals surface area (Å²) in [4.78, 5) is 14.4. The van der Waals surface area contributed by atoms with Gasteiger partial charge in [-0.15, -0.1) is 0 Å². The number of benzene rings is 2. The Hall–Kier alpha value is -2.60. The second kappa shape index (κ2) is 5.55. The number of fused-ring (bicyclic) bond motifs is 1. The molecular formula is C20H20N2O. The molecule has 0 bridgehead atoms. The van der Waals surface area contributed by atoms with Crippen LogP contribution in [0.5, 0.6) is 0 Å². The number of carbonyl (C=O) groups is 1. The van der Waals surface area contributed by atoms with E-state index in [0.29, 0.717) is 12.1 Å². The van der Waals surface area contributed by atoms with Gasteiger partial charge < -0.3 is 4.90 Å². The standard InChI is InChI=1S/C20H20N2O/c1-20(2,3)15-9-10-16-17(11-15)18(12-21)22(19(16)23)13-14-7-5-4-6-8-14/h4-11,18H,13H2,1-3H3. The first-order chi connectivity index (χ1) is 10.9. The minimum atomic E-state index is -0.514. The third-order valence-corrected chi connectivity index (χ3v) is 4.33. The van der Waals surface area contributed by atoms with E-state index in [-0.39, 0.29) is 11.3 Å². The van der Waals surface area contributed by atoms with Crippen molar-refractivity contribution in [2.75, 3.05) is 0 Å². The van der Waals surface area contributed by atoms with Gasteiger partial charge in [0.1, 0.15) is 6.04 Å². The summed E-state index contributed by atoms with van der Waals surface area (Å²) in [6.45, 7) is 6.86. The maximum Gasteiger partial charge on any atom is 0.255 e. The summed E-state index contributed by atoms with van der Waals surface area (Å²) in [6.07, 6.45) is 0. The second-order valence-electron chi connectivity index (χ2n) is 7.00. The quantitative estimate of drug-likeness (QED) is 0.834. The van der Waals surface area contributed by atoms with Crippen LogP contribution < -0.4 is 0 Å². The van der Waals surface area contributed by atoms with Crippen molar-refractivity contribution in [3.63, 3.8) is 0 Å². The van der Waals surface area contributed by atoms with Gasteiger partial charge in [-0.25, -0.2) is 0 Å². The smallest absolute Gasteiger partial charge is 0.255 e. The van der Waals surface area contributed by atoms with Crippen LogP contribution in [0.3, 0.4) is 0 Å². The highest BCUT2D eigenvalue weighted by Crippen LogP contribution is 2.37. The van der Waals surface area contributed by atoms with E-state index in [1.807, 2.05) is 48.5 Å². The van der Waals surface area contributed by atoms with Crippen LogP contribution >= 0.6 is 0 Å². The van der Waals surface area contributed by atoms with Gasteiger partial charge in [-0.05, 0) is 22.6 Å². The maximum atomic E-state index is 12.7. The van der Waals surface area contributed by atoms with E-state index in [2.05, 4.69) is 26.8 Å². The summed E-state index contributed by atoms with van der Waals surface area (Å²) in [6, 6.07) is 17.5. The van der Waals surface area contributed by atoms with E-state index in [1.165, 1.54) is 0 Å². The first-order valence-electron chi connectivity index (χ1n) is 7.81. The molecule has 1 aliphatic heterocycles. The monoisotopic (exact) mass is 304 g/mol. The van der Waals surface area contributed by atoms with Gasteiger partial charge in [-0.1, -0.05) is 63.2 Å². The summed E-state index contributed by atoms with van der Waals surface area (Å²) in [7, 11) is 0. The lowest BCUT2D eigenvalue weighted by Crippen LogP contribution is -2.26. The number of amides is 1. The third kappa shape index (κ3) is 2.73. The van der Waals surface area contributed by atoms with E-state index < -0.39 is 6.04 Å². The highest BCUT2D eigenvalue weighted by molar-refractivity contribution is 5.99. The van der Waals surface area contributed by atoms with Crippen molar-refractivity contribution in [3.05, 3.63) is 70.8 Å². The van der Waals surface area contributed by atoms with Crippen molar-refractivity contribution in [1.82, 2.24) is 4.90 Å². The number of nitrogens with zero attached hydrogens (tertiary/aromatic N) is 2. The van der Waals surface area contributed by atoms with Crippen LogP contribution in [0.15, 0.2) is 48.5 Å². The van der Waals surface area contributed by atoms with Crippen LogP contribution in [0, 0.1) is 11.3 Å². The Balaban J connectivity index is 1.99. The highest BCUT2D eigenvalue weighted by Gasteiger charge is 2.37. The minimum Gasteiger partial charge on any atom is -0.314 e. The fourth-order valence-corrected chi connectivity index (χ4v) is 2.97. The van der Waals surface area contributed by atoms with Gasteiger partial charge in [0.25, 0.3) is 5.91 Å². The zero-order valence-electron chi connectivity index (χ0n) is 13.7. The molecule has 1 heterocycles. The van der Waals surface area contributed by atoms with E-state index in [0.717, 1.165) is 16.7 Å². The molecule has 1 amide bonds. The zero-order valence-corrected chi connectivity index (χ0v) is 13.7. The lowest BCUT2D eigenvalue weighted by atomic mass is 9.85. The van der Waals surface area contributed by atoms with Gasteiger partial charge in [0.05, 0.1) is 6.07 Å². The summed E-state index contributed by atoms with van der Waals surface area (Å²) in [5.41, 5.74) is 3.66. The molecule has 0 spiro atoms. The second-order valence-corrected chi connectivity index (χ2v) is 7.00.